The van der Waals surface area contributed by atoms with Crippen LogP contribution in [-0.2, 0) is 0 Å². The fourth-order valence-electron chi connectivity index (χ4n) is 5.43. The number of nitrogens with two attached hydrogens (primary N) is 1. The van der Waals surface area contributed by atoms with Crippen LogP contribution in [0.1, 0.15) is 42.5 Å². The zero-order valence-electron chi connectivity index (χ0n) is 13.7. The third kappa shape index (κ3) is 2.51. The molecule has 7 heteroatoms. The van der Waals surface area contributed by atoms with E-state index < -0.39 is 40.2 Å². The van der Waals surface area contributed by atoms with Gasteiger partial charge in [-0.1, -0.05) is 0 Å². The minimum absolute atomic E-state index is 0.166. The summed E-state index contributed by atoms with van der Waals surface area (Å²) in [4.78, 5) is 12.3. The Balaban J connectivity index is 1.51. The molecule has 1 aromatic rings. The first-order chi connectivity index (χ1) is 11.8. The maximum absolute atomic E-state index is 13.9. The van der Waals surface area contributed by atoms with Gasteiger partial charge in [-0.25, -0.2) is 8.78 Å². The van der Waals surface area contributed by atoms with Gasteiger partial charge >= 0.3 is 0 Å². The fraction of sp³-hybridized carbons (Fsp3) is 0.611. The molecular weight excluding hydrogens is 333 g/mol. The van der Waals surface area contributed by atoms with E-state index in [1.54, 1.807) is 0 Å². The normalized spacial score (nSPS) is 35.8. The lowest BCUT2D eigenvalue weighted by Gasteiger charge is -2.59. The quantitative estimate of drug-likeness (QED) is 0.731. The van der Waals surface area contributed by atoms with Crippen molar-refractivity contribution in [3.05, 3.63) is 29.1 Å². The average molecular weight is 354 g/mol. The van der Waals surface area contributed by atoms with E-state index in [2.05, 4.69) is 5.32 Å². The lowest BCUT2D eigenvalue weighted by atomic mass is 9.49. The Morgan fingerprint density at radius 2 is 1.68 bits per heavy atom. The minimum Gasteiger partial charge on any atom is -0.503 e. The molecule has 4 N–H and O–H groups in total. The standard InChI is InChI=1S/C18H21F3N2O2/c19-13-6-12(14(20)16(24)15(13)21)17(25)23-7-18(22)10-2-8-1-9(4-10)5-11(18)3-8/h6,8-11,24H,1-5,7,22H2,(H,23,25). The highest BCUT2D eigenvalue weighted by Gasteiger charge is 2.55. The summed E-state index contributed by atoms with van der Waals surface area (Å²) in [5.41, 5.74) is 5.39. The molecule has 0 heterocycles. The molecule has 4 saturated carbocycles. The highest BCUT2D eigenvalue weighted by molar-refractivity contribution is 5.95. The van der Waals surface area contributed by atoms with E-state index in [4.69, 9.17) is 5.73 Å². The number of carbonyl (C=O) groups excluding carboxylic acids is 1. The van der Waals surface area contributed by atoms with E-state index in [9.17, 15) is 23.1 Å². The summed E-state index contributed by atoms with van der Waals surface area (Å²) in [6.45, 7) is 0.166. The predicted octanol–water partition coefficient (Wildman–Crippen LogP) is 2.69. The summed E-state index contributed by atoms with van der Waals surface area (Å²) in [5, 5.41) is 11.8. The lowest BCUT2D eigenvalue weighted by Crippen LogP contribution is -2.67. The first-order valence-electron chi connectivity index (χ1n) is 8.73. The molecule has 4 nitrogen and oxygen atoms in total. The van der Waals surface area contributed by atoms with Gasteiger partial charge in [0.05, 0.1) is 5.56 Å². The molecule has 4 aliphatic rings. The Bertz CT molecular complexity index is 710. The van der Waals surface area contributed by atoms with Crippen molar-refractivity contribution in [2.24, 2.45) is 29.4 Å². The second-order valence-corrected chi connectivity index (χ2v) is 7.98. The SMILES string of the molecule is NC1(CNC(=O)c2cc(F)c(F)c(O)c2F)C2CC3CC(C2)CC1C3. The molecule has 4 bridgehead atoms. The van der Waals surface area contributed by atoms with Crippen molar-refractivity contribution in [1.82, 2.24) is 5.32 Å². The molecule has 25 heavy (non-hydrogen) atoms. The third-order valence-electron chi connectivity index (χ3n) is 6.59. The van der Waals surface area contributed by atoms with Crippen LogP contribution in [0.3, 0.4) is 0 Å². The molecule has 1 amide bonds. The van der Waals surface area contributed by atoms with E-state index in [0.717, 1.165) is 37.5 Å². The third-order valence-corrected chi connectivity index (χ3v) is 6.59. The maximum atomic E-state index is 13.9. The molecule has 1 aromatic carbocycles. The van der Waals surface area contributed by atoms with Crippen LogP contribution in [0.4, 0.5) is 13.2 Å². The number of benzene rings is 1. The van der Waals surface area contributed by atoms with Gasteiger partial charge in [-0.2, -0.15) is 4.39 Å². The maximum Gasteiger partial charge on any atom is 0.254 e. The Labute approximate surface area is 143 Å². The van der Waals surface area contributed by atoms with Crippen LogP contribution < -0.4 is 11.1 Å². The Morgan fingerprint density at radius 3 is 2.24 bits per heavy atom. The average Bonchev–Trinajstić information content (AvgIpc) is 2.58. The van der Waals surface area contributed by atoms with Gasteiger partial charge in [0.1, 0.15) is 0 Å². The van der Waals surface area contributed by atoms with Crippen molar-refractivity contribution < 1.29 is 23.1 Å². The van der Waals surface area contributed by atoms with Gasteiger partial charge in [0.15, 0.2) is 17.4 Å². The van der Waals surface area contributed by atoms with Gasteiger partial charge in [0.25, 0.3) is 5.91 Å². The second-order valence-electron chi connectivity index (χ2n) is 7.98. The molecule has 0 aliphatic heterocycles. The van der Waals surface area contributed by atoms with Crippen LogP contribution in [0.2, 0.25) is 0 Å². The van der Waals surface area contributed by atoms with Crippen LogP contribution in [0.25, 0.3) is 0 Å². The molecule has 0 radical (unpaired) electrons. The van der Waals surface area contributed by atoms with Crippen molar-refractivity contribution >= 4 is 5.91 Å². The zero-order valence-corrected chi connectivity index (χ0v) is 13.7. The molecule has 0 unspecified atom stereocenters. The number of aromatic hydroxyl groups is 1. The number of nitrogens with one attached hydrogen (secondary N) is 1. The predicted molar refractivity (Wildman–Crippen MR) is 84.3 cm³/mol. The number of hydrogen-bond donors (Lipinski definition) is 3. The van der Waals surface area contributed by atoms with Crippen LogP contribution >= 0.6 is 0 Å². The van der Waals surface area contributed by atoms with Crippen LogP contribution in [0.15, 0.2) is 6.07 Å². The van der Waals surface area contributed by atoms with E-state index in [0.29, 0.717) is 17.9 Å². The fourth-order valence-corrected chi connectivity index (χ4v) is 5.43. The largest absolute Gasteiger partial charge is 0.503 e. The Kier molecular flexibility index (Phi) is 3.76. The number of phenols is 1. The van der Waals surface area contributed by atoms with E-state index in [1.165, 1.54) is 6.42 Å². The summed E-state index contributed by atoms with van der Waals surface area (Å²) in [6.07, 6.45) is 5.49. The smallest absolute Gasteiger partial charge is 0.254 e. The first kappa shape index (κ1) is 16.7. The molecule has 0 saturated heterocycles. The van der Waals surface area contributed by atoms with Crippen molar-refractivity contribution in [3.63, 3.8) is 0 Å². The topological polar surface area (TPSA) is 75.3 Å². The van der Waals surface area contributed by atoms with Gasteiger partial charge in [0.2, 0.25) is 5.82 Å². The molecule has 4 aliphatic carbocycles. The number of carbonyl (C=O) groups is 1. The van der Waals surface area contributed by atoms with Gasteiger partial charge in [-0.3, -0.25) is 4.79 Å². The van der Waals surface area contributed by atoms with E-state index in [-0.39, 0.29) is 6.54 Å². The number of rotatable bonds is 3. The summed E-state index contributed by atoms with van der Waals surface area (Å²) < 4.78 is 40.4. The van der Waals surface area contributed by atoms with Crippen molar-refractivity contribution in [1.29, 1.82) is 0 Å². The molecule has 0 spiro atoms. The molecule has 4 fully saturated rings. The number of phenolic OH excluding ortho intramolecular Hbond substituents is 1. The lowest BCUT2D eigenvalue weighted by molar-refractivity contribution is -0.0533. The molecular formula is C18H21F3N2O2. The monoisotopic (exact) mass is 354 g/mol. The zero-order chi connectivity index (χ0) is 17.9. The van der Waals surface area contributed by atoms with E-state index in [1.807, 2.05) is 0 Å². The van der Waals surface area contributed by atoms with Crippen LogP contribution in [0, 0.1) is 41.1 Å². The van der Waals surface area contributed by atoms with Crippen LogP contribution in [0.5, 0.6) is 5.75 Å². The highest BCUT2D eigenvalue weighted by Crippen LogP contribution is 2.57. The summed E-state index contributed by atoms with van der Waals surface area (Å²) >= 11 is 0. The molecule has 136 valence electrons. The Morgan fingerprint density at radius 1 is 1.12 bits per heavy atom. The van der Waals surface area contributed by atoms with Gasteiger partial charge in [-0.15, -0.1) is 0 Å². The highest BCUT2D eigenvalue weighted by atomic mass is 19.2. The van der Waals surface area contributed by atoms with Crippen LogP contribution in [-0.4, -0.2) is 23.1 Å². The summed E-state index contributed by atoms with van der Waals surface area (Å²) in [6, 6.07) is 0.458. The number of hydrogen-bond acceptors (Lipinski definition) is 3. The molecule has 0 aromatic heterocycles. The minimum atomic E-state index is -1.70. The van der Waals surface area contributed by atoms with E-state index >= 15 is 0 Å². The van der Waals surface area contributed by atoms with Crippen molar-refractivity contribution in [2.75, 3.05) is 6.54 Å². The first-order valence-corrected chi connectivity index (χ1v) is 8.73. The molecule has 0 atom stereocenters. The summed E-state index contributed by atoms with van der Waals surface area (Å²) in [5.74, 6) is -4.93. The number of amides is 1. The Hall–Kier alpha value is -1.76. The second kappa shape index (κ2) is 5.62. The van der Waals surface area contributed by atoms with Gasteiger partial charge < -0.3 is 16.2 Å². The van der Waals surface area contributed by atoms with Crippen molar-refractivity contribution in [2.45, 2.75) is 37.6 Å². The summed E-state index contributed by atoms with van der Waals surface area (Å²) in [7, 11) is 0. The van der Waals surface area contributed by atoms with Gasteiger partial charge in [-0.05, 0) is 61.8 Å². The molecule has 5 rings (SSSR count). The van der Waals surface area contributed by atoms with Crippen molar-refractivity contribution in [3.8, 4) is 5.75 Å². The van der Waals surface area contributed by atoms with Gasteiger partial charge in [0, 0.05) is 12.1 Å². The number of halogens is 3.